The monoisotopic (exact) mass is 304 g/mol. The minimum atomic E-state index is -3.63. The maximum atomic E-state index is 12.5. The van der Waals surface area contributed by atoms with E-state index in [2.05, 4.69) is 23.2 Å². The second kappa shape index (κ2) is 6.47. The van der Waals surface area contributed by atoms with E-state index >= 15 is 0 Å². The van der Waals surface area contributed by atoms with Crippen molar-refractivity contribution >= 4 is 10.0 Å². The number of hydrogen-bond acceptors (Lipinski definition) is 4. The summed E-state index contributed by atoms with van der Waals surface area (Å²) in [5, 5.41) is 4.05. The van der Waals surface area contributed by atoms with Crippen LogP contribution in [0.1, 0.15) is 0 Å². The fourth-order valence-electron chi connectivity index (χ4n) is 1.76. The summed E-state index contributed by atoms with van der Waals surface area (Å²) in [4.78, 5) is 4.23. The molecule has 2 aromatic rings. The lowest BCUT2D eigenvalue weighted by atomic mass is 10.5. The van der Waals surface area contributed by atoms with Gasteiger partial charge in [-0.3, -0.25) is 0 Å². The minimum Gasteiger partial charge on any atom is -0.237 e. The Morgan fingerprint density at radius 1 is 1.24 bits per heavy atom. The summed E-state index contributed by atoms with van der Waals surface area (Å²) in [7, 11) is -3.63. The molecule has 0 amide bonds. The molecule has 0 atom stereocenters. The first-order valence-electron chi connectivity index (χ1n) is 6.27. The predicted molar refractivity (Wildman–Crippen MR) is 80.5 cm³/mol. The molecule has 0 aliphatic rings. The van der Waals surface area contributed by atoms with Crippen molar-refractivity contribution in [2.24, 2.45) is 0 Å². The molecule has 0 spiro atoms. The number of nitrogens with zero attached hydrogens (tertiary/aromatic N) is 4. The topological polar surface area (TPSA) is 68.1 Å². The zero-order valence-electron chi connectivity index (χ0n) is 11.5. The Balaban J connectivity index is 2.35. The van der Waals surface area contributed by atoms with E-state index in [1.54, 1.807) is 24.4 Å². The third-order valence-electron chi connectivity index (χ3n) is 2.75. The Morgan fingerprint density at radius 2 is 1.95 bits per heavy atom. The Labute approximate surface area is 124 Å². The maximum Gasteiger partial charge on any atom is 0.246 e. The van der Waals surface area contributed by atoms with Crippen LogP contribution in [0.25, 0.3) is 5.82 Å². The predicted octanol–water partition coefficient (Wildman–Crippen LogP) is 1.63. The zero-order valence-corrected chi connectivity index (χ0v) is 12.3. The summed E-state index contributed by atoms with van der Waals surface area (Å²) in [5.41, 5.74) is 0. The van der Waals surface area contributed by atoms with Gasteiger partial charge in [0.15, 0.2) is 5.82 Å². The first kappa shape index (κ1) is 15.1. The van der Waals surface area contributed by atoms with E-state index in [0.29, 0.717) is 5.82 Å². The number of rotatable bonds is 7. The van der Waals surface area contributed by atoms with Crippen molar-refractivity contribution in [3.05, 3.63) is 62.1 Å². The number of aromatic nitrogens is 3. The largest absolute Gasteiger partial charge is 0.246 e. The van der Waals surface area contributed by atoms with Gasteiger partial charge >= 0.3 is 0 Å². The third kappa shape index (κ3) is 3.26. The molecular weight excluding hydrogens is 288 g/mol. The molecule has 2 aromatic heterocycles. The molecule has 0 saturated heterocycles. The smallest absolute Gasteiger partial charge is 0.237 e. The Hall–Kier alpha value is -2.25. The highest BCUT2D eigenvalue weighted by Gasteiger charge is 2.24. The van der Waals surface area contributed by atoms with Gasteiger partial charge in [-0.1, -0.05) is 18.2 Å². The van der Waals surface area contributed by atoms with Gasteiger partial charge in [0.1, 0.15) is 4.90 Å². The van der Waals surface area contributed by atoms with Gasteiger partial charge in [-0.15, -0.1) is 13.2 Å². The molecule has 0 bridgehead atoms. The van der Waals surface area contributed by atoms with Gasteiger partial charge < -0.3 is 0 Å². The second-order valence-electron chi connectivity index (χ2n) is 4.21. The molecule has 0 radical (unpaired) electrons. The van der Waals surface area contributed by atoms with Crippen LogP contribution < -0.4 is 0 Å². The fourth-order valence-corrected chi connectivity index (χ4v) is 3.08. The molecule has 2 rings (SSSR count). The highest BCUT2D eigenvalue weighted by molar-refractivity contribution is 7.89. The van der Waals surface area contributed by atoms with Crippen molar-refractivity contribution in [2.45, 2.75) is 4.90 Å². The van der Waals surface area contributed by atoms with Crippen molar-refractivity contribution in [3.63, 3.8) is 0 Å². The van der Waals surface area contributed by atoms with Crippen molar-refractivity contribution < 1.29 is 8.42 Å². The van der Waals surface area contributed by atoms with Gasteiger partial charge in [0, 0.05) is 19.3 Å². The van der Waals surface area contributed by atoms with Crippen LogP contribution in [0.5, 0.6) is 0 Å². The molecule has 110 valence electrons. The molecule has 7 heteroatoms. The highest BCUT2D eigenvalue weighted by Crippen LogP contribution is 2.16. The van der Waals surface area contributed by atoms with E-state index in [4.69, 9.17) is 0 Å². The molecule has 0 aliphatic carbocycles. The van der Waals surface area contributed by atoms with Gasteiger partial charge in [0.2, 0.25) is 10.0 Å². The van der Waals surface area contributed by atoms with Crippen LogP contribution in [0.3, 0.4) is 0 Å². The number of sulfonamides is 1. The van der Waals surface area contributed by atoms with E-state index < -0.39 is 10.0 Å². The van der Waals surface area contributed by atoms with Crippen LogP contribution in [-0.2, 0) is 10.0 Å². The Kier molecular flexibility index (Phi) is 4.66. The van der Waals surface area contributed by atoms with Gasteiger partial charge in [0.05, 0.1) is 12.4 Å². The van der Waals surface area contributed by atoms with Gasteiger partial charge in [-0.25, -0.2) is 18.1 Å². The summed E-state index contributed by atoms with van der Waals surface area (Å²) < 4.78 is 27.7. The molecule has 2 heterocycles. The van der Waals surface area contributed by atoms with E-state index in [1.807, 2.05) is 0 Å². The molecule has 0 aromatic carbocycles. The molecule has 21 heavy (non-hydrogen) atoms. The zero-order chi connectivity index (χ0) is 15.3. The minimum absolute atomic E-state index is 0.108. The molecule has 0 aliphatic heterocycles. The molecule has 6 nitrogen and oxygen atoms in total. The maximum absolute atomic E-state index is 12.5. The van der Waals surface area contributed by atoms with Crippen LogP contribution >= 0.6 is 0 Å². The summed E-state index contributed by atoms with van der Waals surface area (Å²) >= 11 is 0. The van der Waals surface area contributed by atoms with Crippen molar-refractivity contribution in [1.82, 2.24) is 19.1 Å². The summed E-state index contributed by atoms with van der Waals surface area (Å²) in [6, 6.07) is 5.33. The van der Waals surface area contributed by atoms with E-state index in [9.17, 15) is 8.42 Å². The molecule has 0 fully saturated rings. The van der Waals surface area contributed by atoms with Gasteiger partial charge in [-0.05, 0) is 12.1 Å². The van der Waals surface area contributed by atoms with E-state index in [0.717, 1.165) is 0 Å². The number of hydrogen-bond donors (Lipinski definition) is 0. The van der Waals surface area contributed by atoms with Crippen LogP contribution in [0.4, 0.5) is 0 Å². The quantitative estimate of drug-likeness (QED) is 0.729. The SMILES string of the molecule is C=CCN(CC=C)S(=O)(=O)c1cnn(-c2ccccn2)c1. The number of pyridine rings is 1. The highest BCUT2D eigenvalue weighted by atomic mass is 32.2. The molecule has 0 saturated carbocycles. The van der Waals surface area contributed by atoms with Gasteiger partial charge in [0.25, 0.3) is 0 Å². The van der Waals surface area contributed by atoms with Crippen molar-refractivity contribution in [2.75, 3.05) is 13.1 Å². The van der Waals surface area contributed by atoms with Gasteiger partial charge in [-0.2, -0.15) is 9.40 Å². The lowest BCUT2D eigenvalue weighted by Gasteiger charge is -2.17. The summed E-state index contributed by atoms with van der Waals surface area (Å²) in [6.07, 6.45) is 7.43. The third-order valence-corrected chi connectivity index (χ3v) is 4.53. The van der Waals surface area contributed by atoms with Crippen molar-refractivity contribution in [1.29, 1.82) is 0 Å². The van der Waals surface area contributed by atoms with E-state index in [1.165, 1.54) is 33.5 Å². The fraction of sp³-hybridized carbons (Fsp3) is 0.143. The lowest BCUT2D eigenvalue weighted by molar-refractivity contribution is 0.474. The summed E-state index contributed by atoms with van der Waals surface area (Å²) in [6.45, 7) is 7.57. The van der Waals surface area contributed by atoms with E-state index in [-0.39, 0.29) is 18.0 Å². The lowest BCUT2D eigenvalue weighted by Crippen LogP contribution is -2.31. The van der Waals surface area contributed by atoms with Crippen LogP contribution in [0.15, 0.2) is 67.0 Å². The standard InChI is InChI=1S/C14H16N4O2S/c1-3-9-17(10-4-2)21(19,20)13-11-16-18(12-13)14-7-5-6-8-15-14/h3-8,11-12H,1-2,9-10H2. The second-order valence-corrected chi connectivity index (χ2v) is 6.15. The van der Waals surface area contributed by atoms with Crippen LogP contribution in [0.2, 0.25) is 0 Å². The first-order valence-corrected chi connectivity index (χ1v) is 7.71. The molecular formula is C14H16N4O2S. The average molecular weight is 304 g/mol. The van der Waals surface area contributed by atoms with Crippen LogP contribution in [0, 0.1) is 0 Å². The molecule has 0 N–H and O–H groups in total. The first-order chi connectivity index (χ1) is 10.1. The normalized spacial score (nSPS) is 11.5. The van der Waals surface area contributed by atoms with Crippen molar-refractivity contribution in [3.8, 4) is 5.82 Å². The van der Waals surface area contributed by atoms with Crippen LogP contribution in [-0.4, -0.2) is 40.6 Å². The average Bonchev–Trinajstić information content (AvgIpc) is 2.98. The Morgan fingerprint density at radius 3 is 2.52 bits per heavy atom. The molecule has 0 unspecified atom stereocenters. The summed E-state index contributed by atoms with van der Waals surface area (Å²) in [5.74, 6) is 0.554. The Bertz CT molecular complexity index is 712.